The Balaban J connectivity index is 1.30. The highest BCUT2D eigenvalue weighted by Gasteiger charge is 2.33. The van der Waals surface area contributed by atoms with Gasteiger partial charge in [0.1, 0.15) is 18.8 Å². The van der Waals surface area contributed by atoms with Gasteiger partial charge in [0.15, 0.2) is 0 Å². The minimum absolute atomic E-state index is 0.00580. The summed E-state index contributed by atoms with van der Waals surface area (Å²) < 4.78 is 11.4. The molecule has 2 heterocycles. The van der Waals surface area contributed by atoms with Crippen LogP contribution < -0.4 is 0 Å². The molecule has 1 fully saturated rings. The van der Waals surface area contributed by atoms with Gasteiger partial charge in [0.2, 0.25) is 0 Å². The summed E-state index contributed by atoms with van der Waals surface area (Å²) in [6.45, 7) is 4.92. The van der Waals surface area contributed by atoms with Crippen LogP contribution in [-0.4, -0.2) is 54.2 Å². The van der Waals surface area contributed by atoms with Gasteiger partial charge in [0, 0.05) is 26.2 Å². The van der Waals surface area contributed by atoms with E-state index in [4.69, 9.17) is 14.5 Å². The summed E-state index contributed by atoms with van der Waals surface area (Å²) in [5.74, 6) is 0. The molecule has 28 heavy (non-hydrogen) atoms. The molecule has 1 amide bonds. The molecule has 0 radical (unpaired) electrons. The van der Waals surface area contributed by atoms with Crippen molar-refractivity contribution >= 4 is 12.1 Å². The first-order chi connectivity index (χ1) is 13.7. The Morgan fingerprint density at radius 1 is 1.04 bits per heavy atom. The minimum atomic E-state index is -0.270. The minimum Gasteiger partial charge on any atom is -0.459 e. The third-order valence-corrected chi connectivity index (χ3v) is 5.14. The summed E-state index contributed by atoms with van der Waals surface area (Å²) in [5, 5.41) is 0. The van der Waals surface area contributed by atoms with Crippen molar-refractivity contribution in [1.29, 1.82) is 0 Å². The van der Waals surface area contributed by atoms with Gasteiger partial charge in [-0.3, -0.25) is 0 Å². The normalized spacial score (nSPS) is 21.8. The van der Waals surface area contributed by atoms with Crippen LogP contribution in [0.1, 0.15) is 24.1 Å². The van der Waals surface area contributed by atoms with Crippen molar-refractivity contribution in [3.05, 3.63) is 71.8 Å². The van der Waals surface area contributed by atoms with E-state index in [9.17, 15) is 4.79 Å². The van der Waals surface area contributed by atoms with Crippen LogP contribution in [0.2, 0.25) is 0 Å². The molecule has 0 aliphatic carbocycles. The van der Waals surface area contributed by atoms with Crippen LogP contribution in [-0.2, 0) is 16.1 Å². The molecule has 0 bridgehead atoms. The van der Waals surface area contributed by atoms with Gasteiger partial charge >= 0.3 is 6.09 Å². The fourth-order valence-electron chi connectivity index (χ4n) is 3.53. The van der Waals surface area contributed by atoms with E-state index in [1.54, 1.807) is 4.90 Å². The quantitative estimate of drug-likeness (QED) is 0.820. The van der Waals surface area contributed by atoms with Gasteiger partial charge in [-0.15, -0.1) is 0 Å². The van der Waals surface area contributed by atoms with E-state index < -0.39 is 0 Å². The van der Waals surface area contributed by atoms with E-state index >= 15 is 0 Å². The summed E-state index contributed by atoms with van der Waals surface area (Å²) >= 11 is 0. The molecular formula is C22H25N3O3. The van der Waals surface area contributed by atoms with Crippen molar-refractivity contribution < 1.29 is 14.3 Å². The molecule has 2 aliphatic heterocycles. The Hall–Kier alpha value is -3.02. The Morgan fingerprint density at radius 3 is 2.36 bits per heavy atom. The number of nitrogens with zero attached hydrogens (tertiary/aromatic N) is 3. The predicted octanol–water partition coefficient (Wildman–Crippen LogP) is 3.46. The van der Waals surface area contributed by atoms with Crippen molar-refractivity contribution in [1.82, 2.24) is 9.80 Å². The summed E-state index contributed by atoms with van der Waals surface area (Å²) in [6.07, 6.45) is -0.264. The maximum absolute atomic E-state index is 12.3. The molecule has 1 saturated heterocycles. The number of amidine groups is 1. The number of ether oxygens (including phenoxy) is 2. The molecule has 0 spiro atoms. The fraction of sp³-hybridized carbons (Fsp3) is 0.364. The van der Waals surface area contributed by atoms with Gasteiger partial charge in [0.25, 0.3) is 6.02 Å². The number of rotatable bonds is 3. The van der Waals surface area contributed by atoms with Crippen molar-refractivity contribution in [3.8, 4) is 0 Å². The zero-order chi connectivity index (χ0) is 19.3. The van der Waals surface area contributed by atoms with Crippen LogP contribution in [0.15, 0.2) is 65.7 Å². The highest BCUT2D eigenvalue weighted by Crippen LogP contribution is 2.29. The molecular weight excluding hydrogens is 354 g/mol. The molecule has 0 aromatic heterocycles. The Labute approximate surface area is 165 Å². The van der Waals surface area contributed by atoms with Crippen LogP contribution >= 0.6 is 0 Å². The molecule has 6 heteroatoms. The lowest BCUT2D eigenvalue weighted by Crippen LogP contribution is -2.51. The van der Waals surface area contributed by atoms with Crippen LogP contribution in [0, 0.1) is 0 Å². The first-order valence-corrected chi connectivity index (χ1v) is 9.70. The lowest BCUT2D eigenvalue weighted by Gasteiger charge is -2.34. The molecule has 2 aromatic rings. The highest BCUT2D eigenvalue weighted by atomic mass is 16.6. The summed E-state index contributed by atoms with van der Waals surface area (Å²) in [4.78, 5) is 21.0. The first-order valence-electron chi connectivity index (χ1n) is 9.70. The standard InChI is InChI=1S/C22H25N3O3/c1-17-20(19-10-6-3-7-11-19)23-21(28-17)24-12-14-25(15-13-24)22(26)27-16-18-8-4-2-5-9-18/h2-11,17,20H,12-16H2,1H3/t17-,20+/m1/s1. The second kappa shape index (κ2) is 8.33. The molecule has 0 saturated carbocycles. The third-order valence-electron chi connectivity index (χ3n) is 5.14. The van der Waals surface area contributed by atoms with E-state index in [1.807, 2.05) is 55.5 Å². The van der Waals surface area contributed by atoms with Crippen molar-refractivity contribution in [2.24, 2.45) is 4.99 Å². The van der Waals surface area contributed by atoms with Crippen LogP contribution in [0.3, 0.4) is 0 Å². The number of aliphatic imine (C=N–C) groups is 1. The van der Waals surface area contributed by atoms with Gasteiger partial charge in [-0.2, -0.15) is 0 Å². The second-order valence-electron chi connectivity index (χ2n) is 7.10. The molecule has 6 nitrogen and oxygen atoms in total. The van der Waals surface area contributed by atoms with Crippen LogP contribution in [0.5, 0.6) is 0 Å². The van der Waals surface area contributed by atoms with E-state index in [0.717, 1.165) is 11.1 Å². The van der Waals surface area contributed by atoms with Crippen molar-refractivity contribution in [2.75, 3.05) is 26.2 Å². The lowest BCUT2D eigenvalue weighted by atomic mass is 10.0. The largest absolute Gasteiger partial charge is 0.459 e. The van der Waals surface area contributed by atoms with Gasteiger partial charge in [0.05, 0.1) is 0 Å². The maximum Gasteiger partial charge on any atom is 0.410 e. The molecule has 2 atom stereocenters. The number of benzene rings is 2. The third kappa shape index (κ3) is 4.11. The number of amides is 1. The van der Waals surface area contributed by atoms with Gasteiger partial charge in [-0.1, -0.05) is 60.7 Å². The summed E-state index contributed by atoms with van der Waals surface area (Å²) in [6, 6.07) is 20.6. The zero-order valence-corrected chi connectivity index (χ0v) is 16.0. The van der Waals surface area contributed by atoms with Gasteiger partial charge < -0.3 is 19.3 Å². The average Bonchev–Trinajstić information content (AvgIpc) is 3.15. The maximum atomic E-state index is 12.3. The SMILES string of the molecule is C[C@H]1OC(N2CCN(C(=O)OCc3ccccc3)CC2)=N[C@@H]1c1ccccc1. The Morgan fingerprint density at radius 2 is 1.68 bits per heavy atom. The van der Waals surface area contributed by atoms with Crippen LogP contribution in [0.4, 0.5) is 4.79 Å². The molecule has 146 valence electrons. The molecule has 2 aromatic carbocycles. The number of piperazine rings is 1. The van der Waals surface area contributed by atoms with Gasteiger partial charge in [-0.05, 0) is 18.1 Å². The lowest BCUT2D eigenvalue weighted by molar-refractivity contribution is 0.0767. The first kappa shape index (κ1) is 18.3. The number of hydrogen-bond acceptors (Lipinski definition) is 5. The smallest absolute Gasteiger partial charge is 0.410 e. The topological polar surface area (TPSA) is 54.4 Å². The monoisotopic (exact) mass is 379 g/mol. The number of carbonyl (C=O) groups is 1. The molecule has 0 unspecified atom stereocenters. The van der Waals surface area contributed by atoms with E-state index in [2.05, 4.69) is 17.0 Å². The van der Waals surface area contributed by atoms with E-state index in [-0.39, 0.29) is 18.2 Å². The van der Waals surface area contributed by atoms with Crippen molar-refractivity contribution in [2.45, 2.75) is 25.7 Å². The van der Waals surface area contributed by atoms with E-state index in [0.29, 0.717) is 38.8 Å². The Kier molecular flexibility index (Phi) is 5.46. The van der Waals surface area contributed by atoms with Crippen LogP contribution in [0.25, 0.3) is 0 Å². The summed E-state index contributed by atoms with van der Waals surface area (Å²) in [7, 11) is 0. The average molecular weight is 379 g/mol. The van der Waals surface area contributed by atoms with Crippen molar-refractivity contribution in [3.63, 3.8) is 0 Å². The predicted molar refractivity (Wildman–Crippen MR) is 107 cm³/mol. The second-order valence-corrected chi connectivity index (χ2v) is 7.10. The fourth-order valence-corrected chi connectivity index (χ4v) is 3.53. The number of carbonyl (C=O) groups excluding carboxylic acids is 1. The molecule has 0 N–H and O–H groups in total. The molecule has 4 rings (SSSR count). The number of hydrogen-bond donors (Lipinski definition) is 0. The Bertz CT molecular complexity index is 817. The highest BCUT2D eigenvalue weighted by molar-refractivity contribution is 5.77. The molecule has 2 aliphatic rings. The van der Waals surface area contributed by atoms with E-state index in [1.165, 1.54) is 0 Å². The summed E-state index contributed by atoms with van der Waals surface area (Å²) in [5.41, 5.74) is 2.15. The van der Waals surface area contributed by atoms with Gasteiger partial charge in [-0.25, -0.2) is 9.79 Å². The zero-order valence-electron chi connectivity index (χ0n) is 16.0.